The third-order valence-electron chi connectivity index (χ3n) is 8.33. The Kier molecular flexibility index (Phi) is 11.3. The molecule has 0 atom stereocenters. The first-order valence-electron chi connectivity index (χ1n) is 17.4. The van der Waals surface area contributed by atoms with Gasteiger partial charge in [0.15, 0.2) is 34.5 Å². The summed E-state index contributed by atoms with van der Waals surface area (Å²) in [7, 11) is 6.24. The first-order chi connectivity index (χ1) is 24.3. The number of ether oxygens (including phenoxy) is 8. The van der Waals surface area contributed by atoms with E-state index in [1.54, 1.807) is 21.3 Å². The molecule has 5 rings (SSSR count). The zero-order chi connectivity index (χ0) is 37.1. The molecule has 0 aliphatic carbocycles. The van der Waals surface area contributed by atoms with Gasteiger partial charge in [0, 0.05) is 34.9 Å². The fourth-order valence-corrected chi connectivity index (χ4v) is 6.51. The second kappa shape index (κ2) is 15.5. The Bertz CT molecular complexity index is 1890. The van der Waals surface area contributed by atoms with Crippen molar-refractivity contribution in [2.45, 2.75) is 92.8 Å². The van der Waals surface area contributed by atoms with Gasteiger partial charge in [-0.05, 0) is 103 Å². The summed E-state index contributed by atoms with van der Waals surface area (Å²) in [5.41, 5.74) is 5.99. The number of hydrogen-bond acceptors (Lipinski definition) is 9. The van der Waals surface area contributed by atoms with E-state index in [1.807, 2.05) is 102 Å². The molecule has 0 spiro atoms. The number of aryl methyl sites for hydroxylation is 1. The van der Waals surface area contributed by atoms with Gasteiger partial charge in [0.1, 0.15) is 11.4 Å². The van der Waals surface area contributed by atoms with Gasteiger partial charge in [0.25, 0.3) is 0 Å². The van der Waals surface area contributed by atoms with E-state index in [2.05, 4.69) is 0 Å². The molecule has 0 N–H and O–H groups in total. The topological polar surface area (TPSA) is 95.8 Å². The average molecular weight is 702 g/mol. The number of aromatic nitrogens is 1. The maximum atomic E-state index is 14.1. The minimum atomic E-state index is -0.489. The molecule has 0 bridgehead atoms. The second-order valence-corrected chi connectivity index (χ2v) is 13.5. The lowest BCUT2D eigenvalue weighted by atomic mass is 9.89. The summed E-state index contributed by atoms with van der Waals surface area (Å²) < 4.78 is 50.2. The van der Waals surface area contributed by atoms with Crippen LogP contribution in [0.25, 0.3) is 33.5 Å². The number of hydrogen-bond donors (Lipinski definition) is 0. The molecule has 1 aliphatic heterocycles. The van der Waals surface area contributed by atoms with Gasteiger partial charge in [-0.3, -0.25) is 0 Å². The van der Waals surface area contributed by atoms with Gasteiger partial charge in [0.05, 0.1) is 58.5 Å². The van der Waals surface area contributed by atoms with Crippen molar-refractivity contribution in [2.24, 2.45) is 0 Å². The molecule has 0 radical (unpaired) electrons. The Morgan fingerprint density at radius 1 is 0.569 bits per heavy atom. The predicted octanol–water partition coefficient (Wildman–Crippen LogP) is 9.01. The molecular formula is C41H51NO9. The van der Waals surface area contributed by atoms with Crippen molar-refractivity contribution in [1.82, 2.24) is 4.57 Å². The van der Waals surface area contributed by atoms with E-state index >= 15 is 0 Å². The van der Waals surface area contributed by atoms with Gasteiger partial charge in [-0.25, -0.2) is 4.79 Å². The van der Waals surface area contributed by atoms with Crippen molar-refractivity contribution in [1.29, 1.82) is 0 Å². The van der Waals surface area contributed by atoms with Gasteiger partial charge in [-0.1, -0.05) is 6.07 Å². The highest BCUT2D eigenvalue weighted by Crippen LogP contribution is 2.53. The van der Waals surface area contributed by atoms with Gasteiger partial charge in [-0.2, -0.15) is 0 Å². The summed E-state index contributed by atoms with van der Waals surface area (Å²) >= 11 is 0. The standard InChI is InChI=1S/C41H51NO9/c1-22(2)48-30-14-13-27(18-32(30)44-9)37-38(29-20-34(46-11)36(51-25(7)8)21-31(29)49-23(3)4)40(41(43)47-12)42-16-15-26-17-35(50-24(5)6)33(45-10)19-28(26)39(37)42/h13-14,17-25H,15-16H2,1-12H3. The van der Waals surface area contributed by atoms with Gasteiger partial charge < -0.3 is 42.5 Å². The van der Waals surface area contributed by atoms with Crippen molar-refractivity contribution in [3.63, 3.8) is 0 Å². The molecule has 2 heterocycles. The van der Waals surface area contributed by atoms with Crippen LogP contribution in [0, 0.1) is 0 Å². The van der Waals surface area contributed by atoms with Crippen LogP contribution in [0.3, 0.4) is 0 Å². The van der Waals surface area contributed by atoms with Crippen LogP contribution < -0.4 is 33.2 Å². The molecule has 4 aromatic rings. The number of esters is 1. The number of rotatable bonds is 14. The Morgan fingerprint density at radius 3 is 1.63 bits per heavy atom. The van der Waals surface area contributed by atoms with Crippen molar-refractivity contribution in [2.75, 3.05) is 28.4 Å². The molecule has 51 heavy (non-hydrogen) atoms. The minimum Gasteiger partial charge on any atom is -0.493 e. The fourth-order valence-electron chi connectivity index (χ4n) is 6.51. The van der Waals surface area contributed by atoms with Crippen molar-refractivity contribution in [3.05, 3.63) is 53.7 Å². The smallest absolute Gasteiger partial charge is 0.355 e. The zero-order valence-electron chi connectivity index (χ0n) is 31.9. The molecule has 10 heteroatoms. The van der Waals surface area contributed by atoms with Gasteiger partial charge in [0.2, 0.25) is 0 Å². The Morgan fingerprint density at radius 2 is 1.08 bits per heavy atom. The number of nitrogens with zero attached hydrogens (tertiary/aromatic N) is 1. The SMILES string of the molecule is COC(=O)c1c(-c2cc(OC)c(OC(C)C)cc2OC(C)C)c(-c2ccc(OC(C)C)c(OC)c2)c2n1CCc1cc(OC(C)C)c(OC)cc1-2. The first kappa shape index (κ1) is 37.3. The number of benzene rings is 3. The molecule has 10 nitrogen and oxygen atoms in total. The van der Waals surface area contributed by atoms with Crippen LogP contribution >= 0.6 is 0 Å². The summed E-state index contributed by atoms with van der Waals surface area (Å²) in [5.74, 6) is 3.48. The number of carbonyl (C=O) groups is 1. The normalized spacial score (nSPS) is 12.2. The Hall–Kier alpha value is -4.99. The quantitative estimate of drug-likeness (QED) is 0.119. The lowest BCUT2D eigenvalue weighted by Gasteiger charge is -2.25. The monoisotopic (exact) mass is 701 g/mol. The van der Waals surface area contributed by atoms with E-state index in [4.69, 9.17) is 37.9 Å². The lowest BCUT2D eigenvalue weighted by Crippen LogP contribution is -2.18. The highest BCUT2D eigenvalue weighted by atomic mass is 16.5. The van der Waals surface area contributed by atoms with Gasteiger partial charge >= 0.3 is 5.97 Å². The highest BCUT2D eigenvalue weighted by molar-refractivity contribution is 6.08. The lowest BCUT2D eigenvalue weighted by molar-refractivity contribution is 0.0589. The fraction of sp³-hybridized carbons (Fsp3) is 0.439. The van der Waals surface area contributed by atoms with E-state index < -0.39 is 5.97 Å². The van der Waals surface area contributed by atoms with Crippen LogP contribution in [-0.4, -0.2) is 63.4 Å². The van der Waals surface area contributed by atoms with E-state index in [0.29, 0.717) is 70.0 Å². The zero-order valence-corrected chi connectivity index (χ0v) is 31.9. The number of methoxy groups -OCH3 is 4. The minimum absolute atomic E-state index is 0.0477. The average Bonchev–Trinajstić information content (AvgIpc) is 3.42. The molecule has 0 amide bonds. The number of fused-ring (bicyclic) bond motifs is 3. The molecular weight excluding hydrogens is 650 g/mol. The van der Waals surface area contributed by atoms with Gasteiger partial charge in [-0.15, -0.1) is 0 Å². The van der Waals surface area contributed by atoms with E-state index in [9.17, 15) is 4.79 Å². The molecule has 1 aromatic heterocycles. The summed E-state index contributed by atoms with van der Waals surface area (Å²) in [5, 5.41) is 0. The number of carbonyl (C=O) groups excluding carboxylic acids is 1. The Labute approximate surface area is 301 Å². The summed E-state index contributed by atoms with van der Waals surface area (Å²) in [6.07, 6.45) is 0.221. The van der Waals surface area contributed by atoms with Crippen LogP contribution in [-0.2, 0) is 17.7 Å². The Balaban J connectivity index is 1.97. The molecule has 0 fully saturated rings. The molecule has 274 valence electrons. The van der Waals surface area contributed by atoms with Crippen LogP contribution in [0.2, 0.25) is 0 Å². The summed E-state index contributed by atoms with van der Waals surface area (Å²) in [6.45, 7) is 16.2. The largest absolute Gasteiger partial charge is 0.493 e. The third-order valence-corrected chi connectivity index (χ3v) is 8.33. The molecule has 1 aliphatic rings. The van der Waals surface area contributed by atoms with Crippen LogP contribution in [0.4, 0.5) is 0 Å². The van der Waals surface area contributed by atoms with E-state index in [-0.39, 0.29) is 24.4 Å². The maximum absolute atomic E-state index is 14.1. The predicted molar refractivity (Wildman–Crippen MR) is 198 cm³/mol. The van der Waals surface area contributed by atoms with E-state index in [1.165, 1.54) is 7.11 Å². The first-order valence-corrected chi connectivity index (χ1v) is 17.4. The summed E-state index contributed by atoms with van der Waals surface area (Å²) in [6, 6.07) is 13.6. The van der Waals surface area contributed by atoms with Crippen molar-refractivity contribution >= 4 is 5.97 Å². The second-order valence-electron chi connectivity index (χ2n) is 13.5. The van der Waals surface area contributed by atoms with Crippen LogP contribution in [0.15, 0.2) is 42.5 Å². The van der Waals surface area contributed by atoms with Crippen LogP contribution in [0.1, 0.15) is 71.4 Å². The van der Waals surface area contributed by atoms with E-state index in [0.717, 1.165) is 27.9 Å². The van der Waals surface area contributed by atoms with Crippen LogP contribution in [0.5, 0.6) is 40.2 Å². The van der Waals surface area contributed by atoms with Crippen molar-refractivity contribution < 1.29 is 42.7 Å². The third kappa shape index (κ3) is 7.55. The molecule has 0 unspecified atom stereocenters. The van der Waals surface area contributed by atoms with Crippen molar-refractivity contribution in [3.8, 4) is 73.8 Å². The highest BCUT2D eigenvalue weighted by Gasteiger charge is 2.36. The molecule has 0 saturated carbocycles. The molecule has 3 aromatic carbocycles. The summed E-state index contributed by atoms with van der Waals surface area (Å²) in [4.78, 5) is 14.1. The maximum Gasteiger partial charge on any atom is 0.355 e. The molecule has 0 saturated heterocycles.